The number of imide groups is 1. The van der Waals surface area contributed by atoms with E-state index in [0.29, 0.717) is 4.90 Å². The zero-order valence-electron chi connectivity index (χ0n) is 16.0. The first kappa shape index (κ1) is 21.0. The Labute approximate surface area is 172 Å². The van der Waals surface area contributed by atoms with Crippen molar-refractivity contribution >= 4 is 23.9 Å². The van der Waals surface area contributed by atoms with Crippen molar-refractivity contribution in [2.45, 2.75) is 18.4 Å². The molecule has 0 saturated heterocycles. The van der Waals surface area contributed by atoms with Crippen molar-refractivity contribution in [3.8, 4) is 11.1 Å². The molecule has 0 bridgehead atoms. The molecule has 2 aromatic carbocycles. The summed E-state index contributed by atoms with van der Waals surface area (Å²) < 4.78 is 5.33. The number of carboxylic acid groups (broad SMARTS) is 1. The summed E-state index contributed by atoms with van der Waals surface area (Å²) in [4.78, 5) is 47.9. The van der Waals surface area contributed by atoms with Crippen LogP contribution in [0.2, 0.25) is 0 Å². The number of ether oxygens (including phenoxy) is 1. The van der Waals surface area contributed by atoms with Crippen LogP contribution in [-0.4, -0.2) is 53.1 Å². The molecule has 0 aliphatic heterocycles. The molecular formula is C21H21N3O6. The molecule has 3 amide bonds. The fourth-order valence-corrected chi connectivity index (χ4v) is 3.64. The van der Waals surface area contributed by atoms with Crippen molar-refractivity contribution < 1.29 is 29.0 Å². The van der Waals surface area contributed by atoms with Crippen LogP contribution in [0, 0.1) is 0 Å². The average Bonchev–Trinajstić information content (AvgIpc) is 3.05. The van der Waals surface area contributed by atoms with Crippen LogP contribution in [-0.2, 0) is 19.1 Å². The van der Waals surface area contributed by atoms with E-state index in [9.17, 15) is 24.3 Å². The van der Waals surface area contributed by atoms with Gasteiger partial charge in [0.25, 0.3) is 0 Å². The second-order valence-corrected chi connectivity index (χ2v) is 6.80. The number of primary amides is 1. The Morgan fingerprint density at radius 1 is 1.00 bits per heavy atom. The van der Waals surface area contributed by atoms with E-state index in [4.69, 9.17) is 16.2 Å². The van der Waals surface area contributed by atoms with Crippen LogP contribution in [0.15, 0.2) is 48.5 Å². The lowest BCUT2D eigenvalue weighted by Crippen LogP contribution is -2.52. The van der Waals surface area contributed by atoms with E-state index in [2.05, 4.69) is 0 Å². The molecule has 0 saturated carbocycles. The number of fused-ring (bicyclic) bond motifs is 3. The standard InChI is InChI=1S/C21H21N3O6/c22-10-19(26)24(17(20(27)28)9-18(23)25)21(29)30-11-16-14-7-3-1-5-12(14)13-6-2-4-8-15(13)16/h1-8,16-17H,9-11,22H2,(H2,23,25)(H,27,28)/t17-/m0/s1. The fraction of sp³-hybridized carbons (Fsp3) is 0.238. The highest BCUT2D eigenvalue weighted by atomic mass is 16.6. The zero-order chi connectivity index (χ0) is 21.8. The summed E-state index contributed by atoms with van der Waals surface area (Å²) >= 11 is 0. The van der Waals surface area contributed by atoms with Crippen LogP contribution in [0.4, 0.5) is 4.79 Å². The first-order chi connectivity index (χ1) is 14.3. The zero-order valence-corrected chi connectivity index (χ0v) is 16.0. The molecule has 1 aliphatic rings. The quantitative estimate of drug-likeness (QED) is 0.615. The molecule has 2 aromatic rings. The third-order valence-electron chi connectivity index (χ3n) is 4.97. The van der Waals surface area contributed by atoms with Gasteiger partial charge in [-0.05, 0) is 22.3 Å². The monoisotopic (exact) mass is 411 g/mol. The molecule has 5 N–H and O–H groups in total. The normalized spacial score (nSPS) is 13.1. The van der Waals surface area contributed by atoms with Crippen molar-refractivity contribution in [1.82, 2.24) is 4.90 Å². The van der Waals surface area contributed by atoms with Gasteiger partial charge in [-0.25, -0.2) is 14.5 Å². The van der Waals surface area contributed by atoms with Gasteiger partial charge in [0.2, 0.25) is 11.8 Å². The summed E-state index contributed by atoms with van der Waals surface area (Å²) in [5, 5.41) is 9.38. The largest absolute Gasteiger partial charge is 0.480 e. The number of carboxylic acids is 1. The topological polar surface area (TPSA) is 153 Å². The highest BCUT2D eigenvalue weighted by Gasteiger charge is 2.37. The van der Waals surface area contributed by atoms with Crippen LogP contribution < -0.4 is 11.5 Å². The third kappa shape index (κ3) is 4.01. The Kier molecular flexibility index (Phi) is 6.12. The van der Waals surface area contributed by atoms with Crippen molar-refractivity contribution in [1.29, 1.82) is 0 Å². The molecule has 156 valence electrons. The second kappa shape index (κ2) is 8.75. The Bertz CT molecular complexity index is 960. The molecular weight excluding hydrogens is 390 g/mol. The predicted molar refractivity (Wildman–Crippen MR) is 106 cm³/mol. The van der Waals surface area contributed by atoms with Gasteiger partial charge in [-0.2, -0.15) is 0 Å². The maximum atomic E-state index is 12.7. The van der Waals surface area contributed by atoms with E-state index in [0.717, 1.165) is 22.3 Å². The molecule has 9 heteroatoms. The SMILES string of the molecule is NCC(=O)N(C(=O)OCC1c2ccccc2-c2ccccc21)[C@@H](CC(N)=O)C(=O)O. The number of nitrogens with two attached hydrogens (primary N) is 2. The summed E-state index contributed by atoms with van der Waals surface area (Å²) in [5.41, 5.74) is 14.3. The number of hydrogen-bond donors (Lipinski definition) is 3. The number of carbonyl (C=O) groups excluding carboxylic acids is 3. The molecule has 0 heterocycles. The van der Waals surface area contributed by atoms with Crippen LogP contribution in [0.3, 0.4) is 0 Å². The molecule has 0 aromatic heterocycles. The molecule has 1 aliphatic carbocycles. The van der Waals surface area contributed by atoms with Crippen molar-refractivity contribution in [3.63, 3.8) is 0 Å². The summed E-state index contributed by atoms with van der Waals surface area (Å²) in [6.45, 7) is -0.753. The molecule has 0 fully saturated rings. The number of benzene rings is 2. The average molecular weight is 411 g/mol. The van der Waals surface area contributed by atoms with Gasteiger partial charge in [-0.3, -0.25) is 9.59 Å². The number of nitrogens with zero attached hydrogens (tertiary/aromatic N) is 1. The molecule has 0 spiro atoms. The smallest absolute Gasteiger partial charge is 0.417 e. The first-order valence-electron chi connectivity index (χ1n) is 9.23. The summed E-state index contributed by atoms with van der Waals surface area (Å²) in [6.07, 6.45) is -1.94. The van der Waals surface area contributed by atoms with Crippen LogP contribution in [0.1, 0.15) is 23.5 Å². The van der Waals surface area contributed by atoms with Gasteiger partial charge in [-0.15, -0.1) is 0 Å². The molecule has 3 rings (SSSR count). The van der Waals surface area contributed by atoms with Gasteiger partial charge < -0.3 is 21.3 Å². The predicted octanol–water partition coefficient (Wildman–Crippen LogP) is 1.05. The summed E-state index contributed by atoms with van der Waals surface area (Å²) in [7, 11) is 0. The summed E-state index contributed by atoms with van der Waals surface area (Å²) in [5.74, 6) is -3.82. The summed E-state index contributed by atoms with van der Waals surface area (Å²) in [6, 6.07) is 13.5. The minimum absolute atomic E-state index is 0.121. The number of aliphatic carboxylic acids is 1. The van der Waals surface area contributed by atoms with Gasteiger partial charge in [0.15, 0.2) is 0 Å². The van der Waals surface area contributed by atoms with E-state index in [1.54, 1.807) is 0 Å². The van der Waals surface area contributed by atoms with Crippen LogP contribution in [0.25, 0.3) is 11.1 Å². The Hall–Kier alpha value is -3.72. The van der Waals surface area contributed by atoms with Crippen molar-refractivity contribution in [2.24, 2.45) is 11.5 Å². The van der Waals surface area contributed by atoms with Crippen molar-refractivity contribution in [3.05, 3.63) is 59.7 Å². The maximum absolute atomic E-state index is 12.7. The molecule has 9 nitrogen and oxygen atoms in total. The third-order valence-corrected chi connectivity index (χ3v) is 4.97. The first-order valence-corrected chi connectivity index (χ1v) is 9.23. The minimum Gasteiger partial charge on any atom is -0.480 e. The minimum atomic E-state index is -1.80. The lowest BCUT2D eigenvalue weighted by Gasteiger charge is -2.26. The van der Waals surface area contributed by atoms with Crippen molar-refractivity contribution in [2.75, 3.05) is 13.2 Å². The van der Waals surface area contributed by atoms with E-state index in [-0.39, 0.29) is 12.5 Å². The Balaban J connectivity index is 1.84. The van der Waals surface area contributed by atoms with Gasteiger partial charge >= 0.3 is 12.1 Å². The van der Waals surface area contributed by atoms with E-state index in [1.165, 1.54) is 0 Å². The lowest BCUT2D eigenvalue weighted by atomic mass is 9.98. The van der Waals surface area contributed by atoms with E-state index >= 15 is 0 Å². The van der Waals surface area contributed by atoms with Crippen LogP contribution >= 0.6 is 0 Å². The maximum Gasteiger partial charge on any atom is 0.417 e. The molecule has 30 heavy (non-hydrogen) atoms. The second-order valence-electron chi connectivity index (χ2n) is 6.80. The molecule has 0 radical (unpaired) electrons. The number of hydrogen-bond acceptors (Lipinski definition) is 6. The fourth-order valence-electron chi connectivity index (χ4n) is 3.64. The number of rotatable bonds is 7. The molecule has 0 unspecified atom stereocenters. The number of carbonyl (C=O) groups is 4. The van der Waals surface area contributed by atoms with Gasteiger partial charge in [0.1, 0.15) is 12.6 Å². The Morgan fingerprint density at radius 3 is 2.00 bits per heavy atom. The lowest BCUT2D eigenvalue weighted by molar-refractivity contribution is -0.149. The molecule has 1 atom stereocenters. The van der Waals surface area contributed by atoms with Gasteiger partial charge in [0.05, 0.1) is 13.0 Å². The number of amides is 3. The van der Waals surface area contributed by atoms with Gasteiger partial charge in [-0.1, -0.05) is 48.5 Å². The van der Waals surface area contributed by atoms with Gasteiger partial charge in [0, 0.05) is 5.92 Å². The highest BCUT2D eigenvalue weighted by Crippen LogP contribution is 2.44. The highest BCUT2D eigenvalue weighted by molar-refractivity contribution is 5.98. The Morgan fingerprint density at radius 2 is 1.53 bits per heavy atom. The van der Waals surface area contributed by atoms with E-state index in [1.807, 2.05) is 48.5 Å². The van der Waals surface area contributed by atoms with Crippen LogP contribution in [0.5, 0.6) is 0 Å². The van der Waals surface area contributed by atoms with E-state index < -0.39 is 42.9 Å².